The Labute approximate surface area is 182 Å². The molecule has 1 fully saturated rings. The van der Waals surface area contributed by atoms with E-state index in [4.69, 9.17) is 10.00 Å². The molecule has 152 valence electrons. The van der Waals surface area contributed by atoms with Gasteiger partial charge >= 0.3 is 0 Å². The van der Waals surface area contributed by atoms with E-state index < -0.39 is 0 Å². The van der Waals surface area contributed by atoms with Crippen LogP contribution in [0.5, 0.6) is 5.75 Å². The van der Waals surface area contributed by atoms with Crippen molar-refractivity contribution in [1.82, 2.24) is 9.62 Å². The summed E-state index contributed by atoms with van der Waals surface area (Å²) in [5.41, 5.74) is 4.46. The fraction of sp³-hybridized carbons (Fsp3) is 0.240. The van der Waals surface area contributed by atoms with Gasteiger partial charge in [-0.25, -0.2) is 0 Å². The number of hydrogen-bond acceptors (Lipinski definition) is 5. The maximum Gasteiger partial charge on any atom is 0.118 e. The van der Waals surface area contributed by atoms with Crippen LogP contribution < -0.4 is 9.46 Å². The minimum absolute atomic E-state index is 0.458. The molecule has 1 heterocycles. The van der Waals surface area contributed by atoms with Crippen LogP contribution in [-0.2, 0) is 6.54 Å². The standard InChI is InChI=1S/C25H25N3OS/c1-29-24-11-9-22(10-12-24)21-7-5-19(6-8-21)17-28-14-13-23(18-28)27-30-25-4-2-3-20(15-25)16-26/h2-12,15,23,27H,13-14,17-18H2,1H3. The number of hydrogen-bond donors (Lipinski definition) is 1. The third-order valence-corrected chi connectivity index (χ3v) is 6.30. The molecule has 1 unspecified atom stereocenters. The van der Waals surface area contributed by atoms with Crippen molar-refractivity contribution in [2.45, 2.75) is 23.9 Å². The van der Waals surface area contributed by atoms with Crippen molar-refractivity contribution in [3.63, 3.8) is 0 Å². The lowest BCUT2D eigenvalue weighted by atomic mass is 10.0. The van der Waals surface area contributed by atoms with Crippen LogP contribution in [-0.4, -0.2) is 31.1 Å². The van der Waals surface area contributed by atoms with Crippen LogP contribution in [0.1, 0.15) is 17.5 Å². The highest BCUT2D eigenvalue weighted by molar-refractivity contribution is 7.97. The van der Waals surface area contributed by atoms with Crippen LogP contribution in [0, 0.1) is 11.3 Å². The van der Waals surface area contributed by atoms with Crippen LogP contribution in [0.3, 0.4) is 0 Å². The van der Waals surface area contributed by atoms with Crippen LogP contribution in [0.4, 0.5) is 0 Å². The smallest absolute Gasteiger partial charge is 0.118 e. The molecule has 0 aromatic heterocycles. The minimum Gasteiger partial charge on any atom is -0.497 e. The largest absolute Gasteiger partial charge is 0.497 e. The molecule has 0 saturated carbocycles. The van der Waals surface area contributed by atoms with Gasteiger partial charge in [-0.3, -0.25) is 9.62 Å². The molecule has 0 aliphatic carbocycles. The van der Waals surface area contributed by atoms with Gasteiger partial charge in [0, 0.05) is 30.6 Å². The maximum absolute atomic E-state index is 9.03. The molecule has 0 radical (unpaired) electrons. The average Bonchev–Trinajstić information content (AvgIpc) is 3.26. The summed E-state index contributed by atoms with van der Waals surface area (Å²) in [6.45, 7) is 3.09. The number of rotatable bonds is 7. The summed E-state index contributed by atoms with van der Waals surface area (Å²) in [6.07, 6.45) is 1.13. The quantitative estimate of drug-likeness (QED) is 0.544. The van der Waals surface area contributed by atoms with Gasteiger partial charge in [0.1, 0.15) is 5.75 Å². The second-order valence-corrected chi connectivity index (χ2v) is 8.42. The maximum atomic E-state index is 9.03. The molecule has 0 spiro atoms. The van der Waals surface area contributed by atoms with Crippen molar-refractivity contribution in [3.8, 4) is 22.9 Å². The number of nitrogens with zero attached hydrogens (tertiary/aromatic N) is 2. The highest BCUT2D eigenvalue weighted by atomic mass is 32.2. The summed E-state index contributed by atoms with van der Waals surface area (Å²) >= 11 is 1.62. The summed E-state index contributed by atoms with van der Waals surface area (Å²) in [6, 6.07) is 27.4. The predicted octanol–water partition coefficient (Wildman–Crippen LogP) is 5.11. The Morgan fingerprint density at radius 2 is 1.80 bits per heavy atom. The second-order valence-electron chi connectivity index (χ2n) is 7.51. The van der Waals surface area contributed by atoms with E-state index in [0.29, 0.717) is 11.6 Å². The van der Waals surface area contributed by atoms with Gasteiger partial charge in [-0.15, -0.1) is 0 Å². The SMILES string of the molecule is COc1ccc(-c2ccc(CN3CCC(NSc4cccc(C#N)c4)C3)cc2)cc1. The summed E-state index contributed by atoms with van der Waals surface area (Å²) < 4.78 is 8.80. The number of nitrogens with one attached hydrogen (secondary N) is 1. The van der Waals surface area contributed by atoms with E-state index in [1.54, 1.807) is 19.1 Å². The van der Waals surface area contributed by atoms with Crippen molar-refractivity contribution in [1.29, 1.82) is 5.26 Å². The summed E-state index contributed by atoms with van der Waals surface area (Å²) in [7, 11) is 1.69. The molecule has 4 nitrogen and oxygen atoms in total. The first kappa shape index (κ1) is 20.5. The van der Waals surface area contributed by atoms with Crippen molar-refractivity contribution < 1.29 is 4.74 Å². The van der Waals surface area contributed by atoms with Crippen LogP contribution in [0.25, 0.3) is 11.1 Å². The van der Waals surface area contributed by atoms with E-state index in [1.165, 1.54) is 16.7 Å². The molecular formula is C25H25N3OS. The van der Waals surface area contributed by atoms with E-state index in [9.17, 15) is 0 Å². The Balaban J connectivity index is 1.28. The summed E-state index contributed by atoms with van der Waals surface area (Å²) in [5.74, 6) is 0.878. The molecular weight excluding hydrogens is 390 g/mol. The number of methoxy groups -OCH3 is 1. The second kappa shape index (κ2) is 9.82. The van der Waals surface area contributed by atoms with E-state index in [2.05, 4.69) is 52.1 Å². The normalized spacial score (nSPS) is 16.3. The fourth-order valence-electron chi connectivity index (χ4n) is 3.70. The average molecular weight is 416 g/mol. The molecule has 1 aliphatic rings. The summed E-state index contributed by atoms with van der Waals surface area (Å²) in [5, 5.41) is 9.03. The number of ether oxygens (including phenoxy) is 1. The molecule has 3 aromatic carbocycles. The zero-order valence-electron chi connectivity index (χ0n) is 17.0. The first-order valence-corrected chi connectivity index (χ1v) is 10.9. The highest BCUT2D eigenvalue weighted by Crippen LogP contribution is 2.24. The Morgan fingerprint density at radius 3 is 2.50 bits per heavy atom. The minimum atomic E-state index is 0.458. The van der Waals surface area contributed by atoms with Crippen LogP contribution >= 0.6 is 11.9 Å². The molecule has 0 amide bonds. The highest BCUT2D eigenvalue weighted by Gasteiger charge is 2.22. The third kappa shape index (κ3) is 5.22. The predicted molar refractivity (Wildman–Crippen MR) is 122 cm³/mol. The van der Waals surface area contributed by atoms with Crippen LogP contribution in [0.2, 0.25) is 0 Å². The van der Waals surface area contributed by atoms with E-state index >= 15 is 0 Å². The van der Waals surface area contributed by atoms with Gasteiger partial charge in [-0.2, -0.15) is 5.26 Å². The Kier molecular flexibility index (Phi) is 6.70. The van der Waals surface area contributed by atoms with Crippen molar-refractivity contribution in [2.24, 2.45) is 0 Å². The molecule has 1 N–H and O–H groups in total. The van der Waals surface area contributed by atoms with Crippen molar-refractivity contribution in [2.75, 3.05) is 20.2 Å². The molecule has 4 rings (SSSR count). The van der Waals surface area contributed by atoms with Crippen molar-refractivity contribution >= 4 is 11.9 Å². The monoisotopic (exact) mass is 415 g/mol. The van der Waals surface area contributed by atoms with Crippen molar-refractivity contribution in [3.05, 3.63) is 83.9 Å². The Bertz CT molecular complexity index is 1010. The molecule has 5 heteroatoms. The van der Waals surface area contributed by atoms with E-state index in [1.807, 2.05) is 36.4 Å². The summed E-state index contributed by atoms with van der Waals surface area (Å²) in [4.78, 5) is 3.58. The van der Waals surface area contributed by atoms with Gasteiger partial charge in [0.05, 0.1) is 18.7 Å². The molecule has 1 saturated heterocycles. The molecule has 1 atom stereocenters. The third-order valence-electron chi connectivity index (χ3n) is 5.36. The Morgan fingerprint density at radius 1 is 1.07 bits per heavy atom. The number of benzene rings is 3. The Hall–Kier alpha value is -2.78. The van der Waals surface area contributed by atoms with Gasteiger partial charge in [-0.05, 0) is 65.4 Å². The molecule has 3 aromatic rings. The first-order valence-electron chi connectivity index (χ1n) is 10.1. The zero-order valence-corrected chi connectivity index (χ0v) is 17.9. The van der Waals surface area contributed by atoms with E-state index in [-0.39, 0.29) is 0 Å². The fourth-order valence-corrected chi connectivity index (χ4v) is 4.52. The van der Waals surface area contributed by atoms with Gasteiger partial charge in [0.15, 0.2) is 0 Å². The molecule has 1 aliphatic heterocycles. The number of nitriles is 1. The lowest BCUT2D eigenvalue weighted by molar-refractivity contribution is 0.325. The van der Waals surface area contributed by atoms with Gasteiger partial charge < -0.3 is 4.74 Å². The van der Waals surface area contributed by atoms with E-state index in [0.717, 1.165) is 36.7 Å². The zero-order chi connectivity index (χ0) is 20.8. The van der Waals surface area contributed by atoms with Gasteiger partial charge in [0.25, 0.3) is 0 Å². The number of likely N-dealkylation sites (tertiary alicyclic amines) is 1. The lowest BCUT2D eigenvalue weighted by Gasteiger charge is -2.17. The van der Waals surface area contributed by atoms with Gasteiger partial charge in [-0.1, -0.05) is 42.5 Å². The lowest BCUT2D eigenvalue weighted by Crippen LogP contribution is -2.28. The van der Waals surface area contributed by atoms with Crippen LogP contribution in [0.15, 0.2) is 77.7 Å². The van der Waals surface area contributed by atoms with Gasteiger partial charge in [0.2, 0.25) is 0 Å². The molecule has 30 heavy (non-hydrogen) atoms. The molecule has 0 bridgehead atoms. The topological polar surface area (TPSA) is 48.3 Å². The first-order chi connectivity index (χ1) is 14.7.